The maximum absolute atomic E-state index is 6.10. The Hall–Kier alpha value is -0.0400. The molecule has 0 aromatic carbocycles. The lowest BCUT2D eigenvalue weighted by Gasteiger charge is -2.35. The van der Waals surface area contributed by atoms with E-state index in [1.807, 2.05) is 0 Å². The molecule has 0 saturated heterocycles. The zero-order chi connectivity index (χ0) is 16.7. The standard InChI is InChI=1S/C22H42O/c1-17(2)21-11-7-5-9-19(21)13-15-23-16-14-20-10-6-8-12-22(20)18(3)4/h17-22H,5-16H2,1-4H3. The molecule has 0 aromatic heterocycles. The van der Waals surface area contributed by atoms with Gasteiger partial charge in [-0.1, -0.05) is 66.2 Å². The van der Waals surface area contributed by atoms with Gasteiger partial charge >= 0.3 is 0 Å². The van der Waals surface area contributed by atoms with E-state index in [0.717, 1.165) is 48.7 Å². The lowest BCUT2D eigenvalue weighted by Crippen LogP contribution is -2.26. The SMILES string of the molecule is CC(C)C1CCCCC1CCOCCC1CCCCC1C(C)C. The topological polar surface area (TPSA) is 9.23 Å². The van der Waals surface area contributed by atoms with Crippen LogP contribution >= 0.6 is 0 Å². The highest BCUT2D eigenvalue weighted by Gasteiger charge is 2.28. The van der Waals surface area contributed by atoms with E-state index in [0.29, 0.717) is 0 Å². The normalized spacial score (nSPS) is 32.6. The summed E-state index contributed by atoms with van der Waals surface area (Å²) in [5.41, 5.74) is 0. The molecule has 2 aliphatic carbocycles. The molecule has 2 rings (SSSR count). The van der Waals surface area contributed by atoms with Crippen LogP contribution in [-0.4, -0.2) is 13.2 Å². The van der Waals surface area contributed by atoms with E-state index in [1.54, 1.807) is 0 Å². The second-order valence-electron chi connectivity index (χ2n) is 9.09. The van der Waals surface area contributed by atoms with Crippen molar-refractivity contribution in [2.45, 2.75) is 91.9 Å². The molecule has 23 heavy (non-hydrogen) atoms. The van der Waals surface area contributed by atoms with Crippen LogP contribution in [0.3, 0.4) is 0 Å². The molecule has 0 N–H and O–H groups in total. The Kier molecular flexibility index (Phi) is 8.44. The van der Waals surface area contributed by atoms with Gasteiger partial charge in [-0.05, 0) is 61.2 Å². The first-order valence-electron chi connectivity index (χ1n) is 10.7. The molecule has 2 fully saturated rings. The second-order valence-corrected chi connectivity index (χ2v) is 9.09. The van der Waals surface area contributed by atoms with Gasteiger partial charge in [-0.15, -0.1) is 0 Å². The molecular formula is C22H42O. The van der Waals surface area contributed by atoms with E-state index in [1.165, 1.54) is 64.2 Å². The molecule has 0 heterocycles. The van der Waals surface area contributed by atoms with Crippen LogP contribution in [0.5, 0.6) is 0 Å². The molecule has 0 spiro atoms. The van der Waals surface area contributed by atoms with Crippen molar-refractivity contribution in [2.24, 2.45) is 35.5 Å². The summed E-state index contributed by atoms with van der Waals surface area (Å²) in [7, 11) is 0. The molecular weight excluding hydrogens is 280 g/mol. The first kappa shape index (κ1) is 19.3. The minimum atomic E-state index is 0.856. The summed E-state index contributed by atoms with van der Waals surface area (Å²) in [4.78, 5) is 0. The van der Waals surface area contributed by atoms with E-state index >= 15 is 0 Å². The minimum Gasteiger partial charge on any atom is -0.381 e. The highest BCUT2D eigenvalue weighted by Crippen LogP contribution is 2.38. The van der Waals surface area contributed by atoms with Crippen molar-refractivity contribution in [2.75, 3.05) is 13.2 Å². The number of hydrogen-bond acceptors (Lipinski definition) is 1. The maximum atomic E-state index is 6.10. The summed E-state index contributed by atoms with van der Waals surface area (Å²) in [6.45, 7) is 11.7. The van der Waals surface area contributed by atoms with E-state index in [2.05, 4.69) is 27.7 Å². The van der Waals surface area contributed by atoms with Crippen molar-refractivity contribution in [3.05, 3.63) is 0 Å². The number of rotatable bonds is 8. The van der Waals surface area contributed by atoms with Gasteiger partial charge in [0.1, 0.15) is 0 Å². The molecule has 4 unspecified atom stereocenters. The lowest BCUT2D eigenvalue weighted by atomic mass is 9.72. The molecule has 0 radical (unpaired) electrons. The molecule has 0 aliphatic heterocycles. The smallest absolute Gasteiger partial charge is 0.0468 e. The van der Waals surface area contributed by atoms with E-state index in [9.17, 15) is 0 Å². The van der Waals surface area contributed by atoms with Gasteiger partial charge in [0.2, 0.25) is 0 Å². The van der Waals surface area contributed by atoms with Crippen molar-refractivity contribution < 1.29 is 4.74 Å². The van der Waals surface area contributed by atoms with Crippen LogP contribution in [0, 0.1) is 35.5 Å². The van der Waals surface area contributed by atoms with Crippen LogP contribution < -0.4 is 0 Å². The Morgan fingerprint density at radius 2 is 1.04 bits per heavy atom. The molecule has 0 aromatic rings. The molecule has 0 bridgehead atoms. The van der Waals surface area contributed by atoms with Gasteiger partial charge < -0.3 is 4.74 Å². The van der Waals surface area contributed by atoms with Gasteiger partial charge in [0.05, 0.1) is 0 Å². The van der Waals surface area contributed by atoms with Crippen LogP contribution in [-0.2, 0) is 4.74 Å². The zero-order valence-corrected chi connectivity index (χ0v) is 16.4. The summed E-state index contributed by atoms with van der Waals surface area (Å²) >= 11 is 0. The predicted octanol–water partition coefficient (Wildman–Crippen LogP) is 6.71. The highest BCUT2D eigenvalue weighted by atomic mass is 16.5. The summed E-state index contributed by atoms with van der Waals surface area (Å²) in [6, 6.07) is 0. The Bertz CT molecular complexity index is 279. The predicted molar refractivity (Wildman–Crippen MR) is 101 cm³/mol. The molecule has 136 valence electrons. The third kappa shape index (κ3) is 6.07. The summed E-state index contributed by atoms with van der Waals surface area (Å²) < 4.78 is 6.10. The van der Waals surface area contributed by atoms with Crippen LogP contribution in [0.4, 0.5) is 0 Å². The fourth-order valence-corrected chi connectivity index (χ4v) is 5.52. The average Bonchev–Trinajstić information content (AvgIpc) is 2.55. The largest absolute Gasteiger partial charge is 0.381 e. The minimum absolute atomic E-state index is 0.856. The molecule has 2 aliphatic rings. The van der Waals surface area contributed by atoms with Crippen molar-refractivity contribution in [1.82, 2.24) is 0 Å². The average molecular weight is 323 g/mol. The Labute approximate surface area is 146 Å². The van der Waals surface area contributed by atoms with Crippen molar-refractivity contribution >= 4 is 0 Å². The molecule has 1 heteroatoms. The van der Waals surface area contributed by atoms with Crippen LogP contribution in [0.2, 0.25) is 0 Å². The molecule has 2 saturated carbocycles. The fourth-order valence-electron chi connectivity index (χ4n) is 5.52. The summed E-state index contributed by atoms with van der Waals surface area (Å²) in [6.07, 6.45) is 14.2. The quantitative estimate of drug-likeness (QED) is 0.451. The van der Waals surface area contributed by atoms with Crippen molar-refractivity contribution in [3.8, 4) is 0 Å². The maximum Gasteiger partial charge on any atom is 0.0468 e. The summed E-state index contributed by atoms with van der Waals surface area (Å²) in [5.74, 6) is 5.49. The third-order valence-electron chi connectivity index (χ3n) is 6.91. The van der Waals surface area contributed by atoms with E-state index in [-0.39, 0.29) is 0 Å². The Morgan fingerprint density at radius 1 is 0.652 bits per heavy atom. The van der Waals surface area contributed by atoms with Gasteiger partial charge in [-0.25, -0.2) is 0 Å². The van der Waals surface area contributed by atoms with Crippen molar-refractivity contribution in [3.63, 3.8) is 0 Å². The fraction of sp³-hybridized carbons (Fsp3) is 1.00. The first-order valence-corrected chi connectivity index (χ1v) is 10.7. The highest BCUT2D eigenvalue weighted by molar-refractivity contribution is 4.79. The second kappa shape index (κ2) is 10.1. The van der Waals surface area contributed by atoms with Crippen LogP contribution in [0.1, 0.15) is 91.9 Å². The monoisotopic (exact) mass is 322 g/mol. The Balaban J connectivity index is 1.63. The number of hydrogen-bond donors (Lipinski definition) is 0. The van der Waals surface area contributed by atoms with Gasteiger partial charge in [0, 0.05) is 13.2 Å². The van der Waals surface area contributed by atoms with Crippen molar-refractivity contribution in [1.29, 1.82) is 0 Å². The Morgan fingerprint density at radius 3 is 1.43 bits per heavy atom. The zero-order valence-electron chi connectivity index (χ0n) is 16.4. The van der Waals surface area contributed by atoms with E-state index < -0.39 is 0 Å². The number of ether oxygens (including phenoxy) is 1. The molecule has 1 nitrogen and oxygen atoms in total. The molecule has 0 amide bonds. The van der Waals surface area contributed by atoms with E-state index in [4.69, 9.17) is 4.74 Å². The van der Waals surface area contributed by atoms with Crippen LogP contribution in [0.15, 0.2) is 0 Å². The summed E-state index contributed by atoms with van der Waals surface area (Å²) in [5, 5.41) is 0. The van der Waals surface area contributed by atoms with Gasteiger partial charge in [0.15, 0.2) is 0 Å². The van der Waals surface area contributed by atoms with Gasteiger partial charge in [-0.3, -0.25) is 0 Å². The molecule has 4 atom stereocenters. The first-order chi connectivity index (χ1) is 11.1. The van der Waals surface area contributed by atoms with Crippen LogP contribution in [0.25, 0.3) is 0 Å². The van der Waals surface area contributed by atoms with Gasteiger partial charge in [-0.2, -0.15) is 0 Å². The van der Waals surface area contributed by atoms with Gasteiger partial charge in [0.25, 0.3) is 0 Å². The third-order valence-corrected chi connectivity index (χ3v) is 6.91. The lowest BCUT2D eigenvalue weighted by molar-refractivity contribution is 0.0641.